The number of rotatable bonds is 2. The summed E-state index contributed by atoms with van der Waals surface area (Å²) in [6.07, 6.45) is 1.73. The van der Waals surface area contributed by atoms with E-state index in [1.165, 1.54) is 0 Å². The van der Waals surface area contributed by atoms with Crippen LogP contribution in [-0.2, 0) is 0 Å². The highest BCUT2D eigenvalue weighted by molar-refractivity contribution is 6.34. The van der Waals surface area contributed by atoms with E-state index in [2.05, 4.69) is 27.7 Å². The Morgan fingerprint density at radius 2 is 1.64 bits per heavy atom. The number of hydrogen-bond donors (Lipinski definition) is 2. The van der Waals surface area contributed by atoms with Gasteiger partial charge in [-0.2, -0.15) is 0 Å². The van der Waals surface area contributed by atoms with Gasteiger partial charge in [-0.05, 0) is 55.3 Å². The first-order chi connectivity index (χ1) is 15.9. The van der Waals surface area contributed by atoms with Crippen LogP contribution in [-0.4, -0.2) is 16.8 Å². The molecule has 0 aliphatic heterocycles. The van der Waals surface area contributed by atoms with Gasteiger partial charge >= 0.3 is 0 Å². The number of nitrogens with zero attached hydrogens (tertiary/aromatic N) is 1. The molecule has 0 bridgehead atoms. The minimum absolute atomic E-state index is 0.317. The van der Waals surface area contributed by atoms with E-state index in [4.69, 9.17) is 11.6 Å². The van der Waals surface area contributed by atoms with Gasteiger partial charge in [-0.25, -0.2) is 0 Å². The second-order valence-corrected chi connectivity index (χ2v) is 7.94. The Hall–Kier alpha value is -4.14. The average Bonchev–Trinajstić information content (AvgIpc) is 2.81. The Morgan fingerprint density at radius 3 is 2.45 bits per heavy atom. The van der Waals surface area contributed by atoms with Crippen molar-refractivity contribution in [2.75, 3.05) is 0 Å². The van der Waals surface area contributed by atoms with Gasteiger partial charge < -0.3 is 0 Å². The number of hydrogen-bond acceptors (Lipinski definition) is 3. The minimum Gasteiger partial charge on any atom is -0.267 e. The fourth-order valence-electron chi connectivity index (χ4n) is 3.34. The lowest BCUT2D eigenvalue weighted by atomic mass is 10.0. The van der Waals surface area contributed by atoms with Gasteiger partial charge in [0.1, 0.15) is 0 Å². The van der Waals surface area contributed by atoms with Crippen LogP contribution in [0.2, 0.25) is 5.02 Å². The SMILES string of the molecule is Cc1ccc(C(=O)NNC(=O)c2c(C)cccc2Cl)cc1C#Cc1cnc2ccccc2c1. The van der Waals surface area contributed by atoms with Crippen molar-refractivity contribution in [1.82, 2.24) is 15.8 Å². The Kier molecular flexibility index (Phi) is 6.39. The van der Waals surface area contributed by atoms with Crippen LogP contribution in [0.15, 0.2) is 72.9 Å². The highest BCUT2D eigenvalue weighted by atomic mass is 35.5. The third-order valence-corrected chi connectivity index (χ3v) is 5.49. The summed E-state index contributed by atoms with van der Waals surface area (Å²) in [4.78, 5) is 29.5. The summed E-state index contributed by atoms with van der Waals surface area (Å²) in [7, 11) is 0. The van der Waals surface area contributed by atoms with Crippen LogP contribution < -0.4 is 10.9 Å². The number of amides is 2. The lowest BCUT2D eigenvalue weighted by Crippen LogP contribution is -2.42. The fraction of sp³-hybridized carbons (Fsp3) is 0.0741. The summed E-state index contributed by atoms with van der Waals surface area (Å²) in [6.45, 7) is 3.70. The van der Waals surface area contributed by atoms with E-state index >= 15 is 0 Å². The molecule has 0 saturated heterocycles. The van der Waals surface area contributed by atoms with Crippen molar-refractivity contribution in [2.45, 2.75) is 13.8 Å². The summed E-state index contributed by atoms with van der Waals surface area (Å²) in [5, 5.41) is 1.33. The van der Waals surface area contributed by atoms with Crippen LogP contribution in [0.5, 0.6) is 0 Å². The molecule has 0 aliphatic rings. The first-order valence-electron chi connectivity index (χ1n) is 10.3. The first-order valence-corrected chi connectivity index (χ1v) is 10.6. The predicted octanol–water partition coefficient (Wildman–Crippen LogP) is 4.98. The highest BCUT2D eigenvalue weighted by Gasteiger charge is 2.14. The number of para-hydroxylation sites is 1. The Morgan fingerprint density at radius 1 is 0.848 bits per heavy atom. The van der Waals surface area contributed by atoms with E-state index in [0.717, 1.165) is 22.0 Å². The Labute approximate surface area is 196 Å². The molecule has 0 spiro atoms. The maximum absolute atomic E-state index is 12.6. The van der Waals surface area contributed by atoms with E-state index in [-0.39, 0.29) is 0 Å². The molecule has 2 N–H and O–H groups in total. The van der Waals surface area contributed by atoms with Crippen molar-refractivity contribution in [1.29, 1.82) is 0 Å². The molecule has 0 unspecified atom stereocenters. The van der Waals surface area contributed by atoms with E-state index < -0.39 is 11.8 Å². The lowest BCUT2D eigenvalue weighted by Gasteiger charge is -2.11. The molecule has 0 aliphatic carbocycles. The molecule has 2 amide bonds. The summed E-state index contributed by atoms with van der Waals surface area (Å²) in [5.41, 5.74) is 9.60. The zero-order valence-electron chi connectivity index (χ0n) is 18.1. The number of benzene rings is 3. The van der Waals surface area contributed by atoms with E-state index in [1.807, 2.05) is 43.3 Å². The molecule has 162 valence electrons. The number of fused-ring (bicyclic) bond motifs is 1. The van der Waals surface area contributed by atoms with Crippen molar-refractivity contribution < 1.29 is 9.59 Å². The molecule has 1 aromatic heterocycles. The maximum atomic E-state index is 12.6. The number of carbonyl (C=O) groups excluding carboxylic acids is 2. The van der Waals surface area contributed by atoms with Gasteiger partial charge in [-0.15, -0.1) is 0 Å². The van der Waals surface area contributed by atoms with Crippen LogP contribution in [0.1, 0.15) is 43.0 Å². The molecule has 0 atom stereocenters. The number of carbonyl (C=O) groups is 2. The van der Waals surface area contributed by atoms with Gasteiger partial charge in [-0.3, -0.25) is 25.4 Å². The third kappa shape index (κ3) is 5.03. The molecule has 0 radical (unpaired) electrons. The zero-order valence-corrected chi connectivity index (χ0v) is 18.8. The monoisotopic (exact) mass is 453 g/mol. The van der Waals surface area contributed by atoms with Crippen molar-refractivity contribution in [2.24, 2.45) is 0 Å². The molecule has 0 saturated carbocycles. The van der Waals surface area contributed by atoms with Crippen LogP contribution in [0.3, 0.4) is 0 Å². The maximum Gasteiger partial charge on any atom is 0.271 e. The number of hydrazine groups is 1. The van der Waals surface area contributed by atoms with Crippen LogP contribution >= 0.6 is 11.6 Å². The number of pyridine rings is 1. The molecular weight excluding hydrogens is 434 g/mol. The van der Waals surface area contributed by atoms with Gasteiger partial charge in [0, 0.05) is 28.3 Å². The summed E-state index contributed by atoms with van der Waals surface area (Å²) < 4.78 is 0. The van der Waals surface area contributed by atoms with Crippen molar-refractivity contribution in [3.8, 4) is 11.8 Å². The largest absolute Gasteiger partial charge is 0.271 e. The topological polar surface area (TPSA) is 71.1 Å². The molecular formula is C27H20ClN3O2. The van der Waals surface area contributed by atoms with Crippen molar-refractivity contribution >= 4 is 34.3 Å². The first kappa shape index (κ1) is 22.1. The number of aryl methyl sites for hydroxylation is 2. The number of halogens is 1. The van der Waals surface area contributed by atoms with E-state index in [0.29, 0.717) is 27.3 Å². The van der Waals surface area contributed by atoms with Gasteiger partial charge in [0.25, 0.3) is 11.8 Å². The molecule has 1 heterocycles. The smallest absolute Gasteiger partial charge is 0.267 e. The third-order valence-electron chi connectivity index (χ3n) is 5.17. The quantitative estimate of drug-likeness (QED) is 0.332. The van der Waals surface area contributed by atoms with Crippen LogP contribution in [0.4, 0.5) is 0 Å². The standard InChI is InChI=1S/C27H20ClN3O2/c1-17-10-12-22(26(32)30-31-27(33)25-18(2)6-5-8-23(25)28)15-20(17)13-11-19-14-21-7-3-4-9-24(21)29-16-19/h3-10,12,14-16H,1-2H3,(H,30,32)(H,31,33). The molecule has 4 aromatic rings. The zero-order chi connectivity index (χ0) is 23.4. The predicted molar refractivity (Wildman–Crippen MR) is 130 cm³/mol. The lowest BCUT2D eigenvalue weighted by molar-refractivity contribution is 0.0846. The fourth-order valence-corrected chi connectivity index (χ4v) is 3.65. The number of nitrogens with one attached hydrogen (secondary N) is 2. The second-order valence-electron chi connectivity index (χ2n) is 7.54. The molecule has 33 heavy (non-hydrogen) atoms. The molecule has 4 rings (SSSR count). The molecule has 5 nitrogen and oxygen atoms in total. The highest BCUT2D eigenvalue weighted by Crippen LogP contribution is 2.19. The summed E-state index contributed by atoms with van der Waals surface area (Å²) in [5.74, 6) is 5.30. The second kappa shape index (κ2) is 9.56. The molecule has 0 fully saturated rings. The number of aromatic nitrogens is 1. The summed E-state index contributed by atoms with van der Waals surface area (Å²) in [6, 6.07) is 20.2. The van der Waals surface area contributed by atoms with Crippen molar-refractivity contribution in [3.05, 3.63) is 111 Å². The molecule has 3 aromatic carbocycles. The molecule has 6 heteroatoms. The van der Waals surface area contributed by atoms with Gasteiger partial charge in [0.2, 0.25) is 0 Å². The van der Waals surface area contributed by atoms with Gasteiger partial charge in [0.15, 0.2) is 0 Å². The normalized spacial score (nSPS) is 10.3. The van der Waals surface area contributed by atoms with Crippen LogP contribution in [0.25, 0.3) is 10.9 Å². The Bertz CT molecular complexity index is 1430. The van der Waals surface area contributed by atoms with E-state index in [1.54, 1.807) is 43.5 Å². The van der Waals surface area contributed by atoms with Gasteiger partial charge in [-0.1, -0.05) is 59.8 Å². The van der Waals surface area contributed by atoms with Crippen LogP contribution in [0, 0.1) is 25.7 Å². The van der Waals surface area contributed by atoms with Gasteiger partial charge in [0.05, 0.1) is 16.1 Å². The summed E-state index contributed by atoms with van der Waals surface area (Å²) >= 11 is 6.12. The minimum atomic E-state index is -0.484. The van der Waals surface area contributed by atoms with Crippen molar-refractivity contribution in [3.63, 3.8) is 0 Å². The van der Waals surface area contributed by atoms with E-state index in [9.17, 15) is 9.59 Å². The Balaban J connectivity index is 1.50. The average molecular weight is 454 g/mol.